The van der Waals surface area contributed by atoms with Crippen LogP contribution in [0.1, 0.15) is 5.56 Å². The van der Waals surface area contributed by atoms with E-state index in [0.717, 1.165) is 40.7 Å². The first kappa shape index (κ1) is 17.9. The number of hydrogen-bond acceptors (Lipinski definition) is 5. The van der Waals surface area contributed by atoms with E-state index in [-0.39, 0.29) is 0 Å². The van der Waals surface area contributed by atoms with Crippen molar-refractivity contribution in [1.82, 2.24) is 14.5 Å². The van der Waals surface area contributed by atoms with Gasteiger partial charge in [0, 0.05) is 45.1 Å². The molecule has 0 aliphatic rings. The van der Waals surface area contributed by atoms with Gasteiger partial charge in [-0.25, -0.2) is 9.97 Å². The largest absolute Gasteiger partial charge is 0.378 e. The van der Waals surface area contributed by atoms with Crippen LogP contribution in [-0.2, 0) is 13.6 Å². The molecule has 142 valence electrons. The van der Waals surface area contributed by atoms with Crippen molar-refractivity contribution < 1.29 is 0 Å². The predicted octanol–water partition coefficient (Wildman–Crippen LogP) is 4.39. The first-order valence-corrected chi connectivity index (χ1v) is 9.25. The van der Waals surface area contributed by atoms with Gasteiger partial charge in [0.05, 0.1) is 11.7 Å². The number of aromatic nitrogens is 3. The second-order valence-electron chi connectivity index (χ2n) is 6.96. The molecule has 0 spiro atoms. The maximum Gasteiger partial charge on any atom is 0.203 e. The lowest BCUT2D eigenvalue weighted by Crippen LogP contribution is -2.08. The molecule has 2 aromatic heterocycles. The molecule has 6 nitrogen and oxygen atoms in total. The fraction of sp³-hybridized carbons (Fsp3) is 0.182. The minimum absolute atomic E-state index is 0.730. The lowest BCUT2D eigenvalue weighted by atomic mass is 10.2. The summed E-state index contributed by atoms with van der Waals surface area (Å²) in [6.07, 6.45) is 1.81. The van der Waals surface area contributed by atoms with Gasteiger partial charge in [-0.05, 0) is 23.8 Å². The average molecular weight is 372 g/mol. The number of pyridine rings is 1. The van der Waals surface area contributed by atoms with Crippen LogP contribution in [0.15, 0.2) is 66.9 Å². The normalized spacial score (nSPS) is 10.8. The first-order chi connectivity index (χ1) is 13.6. The Hall–Kier alpha value is -3.54. The number of nitrogens with one attached hydrogen (secondary N) is 2. The van der Waals surface area contributed by atoms with Crippen molar-refractivity contribution in [3.8, 4) is 0 Å². The topological polar surface area (TPSA) is 58.0 Å². The first-order valence-electron chi connectivity index (χ1n) is 9.25. The number of nitrogens with zero attached hydrogens (tertiary/aromatic N) is 4. The lowest BCUT2D eigenvalue weighted by Gasteiger charge is -2.14. The van der Waals surface area contributed by atoms with Crippen LogP contribution in [0.3, 0.4) is 0 Å². The minimum atomic E-state index is 0.730. The maximum absolute atomic E-state index is 4.67. The quantitative estimate of drug-likeness (QED) is 0.526. The number of hydrogen-bond donors (Lipinski definition) is 2. The zero-order chi connectivity index (χ0) is 19.5. The van der Waals surface area contributed by atoms with Crippen molar-refractivity contribution in [2.24, 2.45) is 7.05 Å². The van der Waals surface area contributed by atoms with Gasteiger partial charge in [0.15, 0.2) is 0 Å². The van der Waals surface area contributed by atoms with Crippen LogP contribution >= 0.6 is 0 Å². The van der Waals surface area contributed by atoms with E-state index in [0.29, 0.717) is 0 Å². The summed E-state index contributed by atoms with van der Waals surface area (Å²) >= 11 is 0. The van der Waals surface area contributed by atoms with Crippen LogP contribution in [0.4, 0.5) is 23.1 Å². The summed E-state index contributed by atoms with van der Waals surface area (Å²) in [5, 5.41) is 6.79. The standard InChI is InChI=1S/C22H24N6/c1-27(2)18-11-7-10-17(12-18)25-21-13-20-19(15-23-21)26-22(28(20)3)24-14-16-8-5-4-6-9-16/h4-13,15H,14H2,1-3H3,(H,23,25)(H,24,26). The molecule has 28 heavy (non-hydrogen) atoms. The van der Waals surface area contributed by atoms with Crippen molar-refractivity contribution in [2.75, 3.05) is 29.6 Å². The molecule has 4 rings (SSSR count). The molecule has 4 aromatic rings. The van der Waals surface area contributed by atoms with Crippen LogP contribution in [-0.4, -0.2) is 28.6 Å². The van der Waals surface area contributed by atoms with Crippen molar-refractivity contribution in [2.45, 2.75) is 6.54 Å². The number of imidazole rings is 1. The van der Waals surface area contributed by atoms with Gasteiger partial charge in [0.2, 0.25) is 5.95 Å². The third-order valence-corrected chi connectivity index (χ3v) is 4.70. The van der Waals surface area contributed by atoms with E-state index in [9.17, 15) is 0 Å². The zero-order valence-electron chi connectivity index (χ0n) is 16.3. The Labute approximate surface area is 164 Å². The monoisotopic (exact) mass is 372 g/mol. The van der Waals surface area contributed by atoms with Crippen molar-refractivity contribution in [3.05, 3.63) is 72.4 Å². The molecule has 0 aliphatic heterocycles. The van der Waals surface area contributed by atoms with Gasteiger partial charge in [-0.1, -0.05) is 36.4 Å². The lowest BCUT2D eigenvalue weighted by molar-refractivity contribution is 0.927. The molecule has 0 atom stereocenters. The summed E-state index contributed by atoms with van der Waals surface area (Å²) in [4.78, 5) is 11.3. The zero-order valence-corrected chi connectivity index (χ0v) is 16.3. The average Bonchev–Trinajstić information content (AvgIpc) is 3.03. The minimum Gasteiger partial charge on any atom is -0.378 e. The third kappa shape index (κ3) is 3.76. The van der Waals surface area contributed by atoms with Crippen LogP contribution in [0, 0.1) is 0 Å². The fourth-order valence-electron chi connectivity index (χ4n) is 3.11. The van der Waals surface area contributed by atoms with Crippen LogP contribution in [0.5, 0.6) is 0 Å². The van der Waals surface area contributed by atoms with Gasteiger partial charge in [-0.15, -0.1) is 0 Å². The summed E-state index contributed by atoms with van der Waals surface area (Å²) in [5.74, 6) is 1.62. The van der Waals surface area contributed by atoms with Crippen molar-refractivity contribution >= 4 is 34.2 Å². The number of benzene rings is 2. The molecule has 0 saturated carbocycles. The summed E-state index contributed by atoms with van der Waals surface area (Å²) in [7, 11) is 6.07. The highest BCUT2D eigenvalue weighted by atomic mass is 15.2. The fourth-order valence-corrected chi connectivity index (χ4v) is 3.11. The molecule has 2 N–H and O–H groups in total. The van der Waals surface area contributed by atoms with Crippen molar-refractivity contribution in [1.29, 1.82) is 0 Å². The Balaban J connectivity index is 1.55. The van der Waals surface area contributed by atoms with Gasteiger partial charge in [-0.3, -0.25) is 0 Å². The van der Waals surface area contributed by atoms with Gasteiger partial charge in [0.1, 0.15) is 11.3 Å². The summed E-state index contributed by atoms with van der Waals surface area (Å²) < 4.78 is 2.06. The predicted molar refractivity (Wildman–Crippen MR) is 116 cm³/mol. The van der Waals surface area contributed by atoms with E-state index in [2.05, 4.69) is 54.3 Å². The Kier molecular flexibility index (Phi) is 4.85. The second-order valence-corrected chi connectivity index (χ2v) is 6.96. The molecule has 0 radical (unpaired) electrons. The number of fused-ring (bicyclic) bond motifs is 1. The summed E-state index contributed by atoms with van der Waals surface area (Å²) in [5.41, 5.74) is 5.25. The van der Waals surface area contributed by atoms with E-state index in [4.69, 9.17) is 0 Å². The van der Waals surface area contributed by atoms with E-state index in [1.165, 1.54) is 5.56 Å². The highest BCUT2D eigenvalue weighted by Gasteiger charge is 2.09. The number of anilines is 4. The summed E-state index contributed by atoms with van der Waals surface area (Å²) in [6.45, 7) is 0.730. The van der Waals surface area contributed by atoms with E-state index >= 15 is 0 Å². The maximum atomic E-state index is 4.67. The summed E-state index contributed by atoms with van der Waals surface area (Å²) in [6, 6.07) is 20.6. The van der Waals surface area contributed by atoms with Gasteiger partial charge >= 0.3 is 0 Å². The number of aryl methyl sites for hydroxylation is 1. The van der Waals surface area contributed by atoms with Crippen molar-refractivity contribution in [3.63, 3.8) is 0 Å². The van der Waals surface area contributed by atoms with Gasteiger partial charge in [-0.2, -0.15) is 0 Å². The van der Waals surface area contributed by atoms with Crippen LogP contribution in [0.2, 0.25) is 0 Å². The molecule has 0 fully saturated rings. The molecule has 0 bridgehead atoms. The molecular formula is C22H24N6. The van der Waals surface area contributed by atoms with E-state index in [1.54, 1.807) is 6.20 Å². The molecule has 2 aromatic carbocycles. The second kappa shape index (κ2) is 7.60. The molecular weight excluding hydrogens is 348 g/mol. The third-order valence-electron chi connectivity index (χ3n) is 4.70. The SMILES string of the molecule is CN(C)c1cccc(Nc2cc3c(cn2)nc(NCc2ccccc2)n3C)c1. The molecule has 2 heterocycles. The van der Waals surface area contributed by atoms with E-state index < -0.39 is 0 Å². The Morgan fingerprint density at radius 1 is 1.00 bits per heavy atom. The Morgan fingerprint density at radius 2 is 1.82 bits per heavy atom. The highest BCUT2D eigenvalue weighted by molar-refractivity contribution is 5.81. The van der Waals surface area contributed by atoms with Crippen LogP contribution < -0.4 is 15.5 Å². The molecule has 0 amide bonds. The molecule has 0 saturated heterocycles. The molecule has 0 aliphatic carbocycles. The molecule has 6 heteroatoms. The molecule has 0 unspecified atom stereocenters. The Morgan fingerprint density at radius 3 is 2.61 bits per heavy atom. The van der Waals surface area contributed by atoms with Crippen LogP contribution in [0.25, 0.3) is 11.0 Å². The van der Waals surface area contributed by atoms with E-state index in [1.807, 2.05) is 57.5 Å². The highest BCUT2D eigenvalue weighted by Crippen LogP contribution is 2.24. The number of rotatable bonds is 6. The van der Waals surface area contributed by atoms with Gasteiger partial charge in [0.25, 0.3) is 0 Å². The Bertz CT molecular complexity index is 1080. The van der Waals surface area contributed by atoms with Gasteiger partial charge < -0.3 is 20.1 Å². The smallest absolute Gasteiger partial charge is 0.203 e.